The highest BCUT2D eigenvalue weighted by Crippen LogP contribution is 2.27. The van der Waals surface area contributed by atoms with Gasteiger partial charge in [-0.25, -0.2) is 4.79 Å². The molecule has 1 saturated heterocycles. The predicted molar refractivity (Wildman–Crippen MR) is 84.6 cm³/mol. The number of amides is 2. The Bertz CT molecular complexity index is 478. The van der Waals surface area contributed by atoms with Crippen molar-refractivity contribution < 1.29 is 9.53 Å². The Balaban J connectivity index is 2.05. The van der Waals surface area contributed by atoms with Crippen molar-refractivity contribution in [3.63, 3.8) is 0 Å². The lowest BCUT2D eigenvalue weighted by atomic mass is 9.89. The molecular formula is C16H25N3O2. The van der Waals surface area contributed by atoms with Crippen LogP contribution in [0.3, 0.4) is 0 Å². The van der Waals surface area contributed by atoms with Crippen LogP contribution in [0.25, 0.3) is 0 Å². The van der Waals surface area contributed by atoms with Gasteiger partial charge in [0.1, 0.15) is 5.75 Å². The van der Waals surface area contributed by atoms with Gasteiger partial charge in [-0.3, -0.25) is 0 Å². The summed E-state index contributed by atoms with van der Waals surface area (Å²) in [6.07, 6.45) is 3.19. The summed E-state index contributed by atoms with van der Waals surface area (Å²) in [7, 11) is 1.60. The molecule has 0 radical (unpaired) electrons. The first-order valence-electron chi connectivity index (χ1n) is 7.60. The second kappa shape index (κ2) is 7.31. The van der Waals surface area contributed by atoms with Crippen molar-refractivity contribution in [2.45, 2.75) is 32.2 Å². The summed E-state index contributed by atoms with van der Waals surface area (Å²) in [5, 5.41) is 2.93. The van der Waals surface area contributed by atoms with Crippen molar-refractivity contribution in [3.8, 4) is 5.75 Å². The second-order valence-electron chi connectivity index (χ2n) is 5.51. The van der Waals surface area contributed by atoms with Crippen molar-refractivity contribution >= 4 is 11.7 Å². The normalized spacial score (nSPS) is 22.0. The van der Waals surface area contributed by atoms with Crippen molar-refractivity contribution in [3.05, 3.63) is 24.3 Å². The van der Waals surface area contributed by atoms with Gasteiger partial charge in [-0.05, 0) is 30.9 Å². The highest BCUT2D eigenvalue weighted by Gasteiger charge is 2.30. The number of nitrogens with zero attached hydrogens (tertiary/aromatic N) is 1. The maximum absolute atomic E-state index is 12.5. The Kier molecular flexibility index (Phi) is 5.44. The van der Waals surface area contributed by atoms with Crippen LogP contribution in [-0.4, -0.2) is 37.2 Å². The number of anilines is 1. The molecule has 3 N–H and O–H groups in total. The summed E-state index contributed by atoms with van der Waals surface area (Å²) >= 11 is 0. The Morgan fingerprint density at radius 1 is 1.48 bits per heavy atom. The topological polar surface area (TPSA) is 67.6 Å². The molecule has 5 heteroatoms. The monoisotopic (exact) mass is 291 g/mol. The molecule has 0 spiro atoms. The molecule has 5 nitrogen and oxygen atoms in total. The van der Waals surface area contributed by atoms with Crippen LogP contribution in [-0.2, 0) is 0 Å². The van der Waals surface area contributed by atoms with E-state index in [1.54, 1.807) is 7.11 Å². The van der Waals surface area contributed by atoms with Crippen molar-refractivity contribution in [1.82, 2.24) is 4.90 Å². The number of para-hydroxylation sites is 2. The van der Waals surface area contributed by atoms with Crippen molar-refractivity contribution in [2.75, 3.05) is 25.5 Å². The summed E-state index contributed by atoms with van der Waals surface area (Å²) in [5.41, 5.74) is 6.54. The number of carbonyl (C=O) groups is 1. The molecule has 2 amide bonds. The number of nitrogens with two attached hydrogens (primary N) is 1. The first-order chi connectivity index (χ1) is 10.2. The fourth-order valence-electron chi connectivity index (χ4n) is 2.93. The molecule has 1 heterocycles. The average molecular weight is 291 g/mol. The Morgan fingerprint density at radius 3 is 2.90 bits per heavy atom. The number of benzene rings is 1. The number of ether oxygens (including phenoxy) is 1. The molecule has 0 bridgehead atoms. The van der Waals surface area contributed by atoms with Gasteiger partial charge in [0, 0.05) is 19.1 Å². The molecule has 1 aliphatic heterocycles. The standard InChI is InChI=1S/C16H25N3O2/c1-3-12-8-9-19(13(10-12)11-17)16(20)18-14-6-4-5-7-15(14)21-2/h4-7,12-13H,3,8-11,17H2,1-2H3,(H,18,20). The van der Waals surface area contributed by atoms with Gasteiger partial charge in [0.05, 0.1) is 12.8 Å². The highest BCUT2D eigenvalue weighted by molar-refractivity contribution is 5.91. The van der Waals surface area contributed by atoms with E-state index in [0.29, 0.717) is 23.9 Å². The second-order valence-corrected chi connectivity index (χ2v) is 5.51. The van der Waals surface area contributed by atoms with Gasteiger partial charge in [-0.15, -0.1) is 0 Å². The fraction of sp³-hybridized carbons (Fsp3) is 0.562. The van der Waals surface area contributed by atoms with E-state index in [1.807, 2.05) is 29.2 Å². The Hall–Kier alpha value is -1.75. The summed E-state index contributed by atoms with van der Waals surface area (Å²) in [6, 6.07) is 7.46. The average Bonchev–Trinajstić information content (AvgIpc) is 2.54. The number of urea groups is 1. The molecule has 1 fully saturated rings. The van der Waals surface area contributed by atoms with E-state index in [2.05, 4.69) is 12.2 Å². The molecule has 2 atom stereocenters. The summed E-state index contributed by atoms with van der Waals surface area (Å²) in [6.45, 7) is 3.47. The number of rotatable bonds is 4. The van der Waals surface area contributed by atoms with Gasteiger partial charge in [0.2, 0.25) is 0 Å². The molecule has 21 heavy (non-hydrogen) atoms. The summed E-state index contributed by atoms with van der Waals surface area (Å²) < 4.78 is 5.26. The number of likely N-dealkylation sites (tertiary alicyclic amines) is 1. The minimum absolute atomic E-state index is 0.0931. The highest BCUT2D eigenvalue weighted by atomic mass is 16.5. The van der Waals surface area contributed by atoms with Crippen LogP contribution in [0.1, 0.15) is 26.2 Å². The number of methoxy groups -OCH3 is 1. The fourth-order valence-corrected chi connectivity index (χ4v) is 2.93. The zero-order valence-electron chi connectivity index (χ0n) is 12.8. The minimum atomic E-state index is -0.0931. The van der Waals surface area contributed by atoms with E-state index >= 15 is 0 Å². The van der Waals surface area contributed by atoms with Gasteiger partial charge in [-0.2, -0.15) is 0 Å². The maximum Gasteiger partial charge on any atom is 0.322 e. The Labute approximate surface area is 126 Å². The van der Waals surface area contributed by atoms with Crippen LogP contribution in [0.5, 0.6) is 5.75 Å². The van der Waals surface area contributed by atoms with Crippen LogP contribution in [0.2, 0.25) is 0 Å². The van der Waals surface area contributed by atoms with E-state index < -0.39 is 0 Å². The first-order valence-corrected chi connectivity index (χ1v) is 7.60. The summed E-state index contributed by atoms with van der Waals surface area (Å²) in [5.74, 6) is 1.34. The number of carbonyl (C=O) groups excluding carboxylic acids is 1. The quantitative estimate of drug-likeness (QED) is 0.896. The van der Waals surface area contributed by atoms with Gasteiger partial charge in [0.25, 0.3) is 0 Å². The van der Waals surface area contributed by atoms with Gasteiger partial charge < -0.3 is 20.7 Å². The summed E-state index contributed by atoms with van der Waals surface area (Å²) in [4.78, 5) is 14.4. The van der Waals surface area contributed by atoms with Crippen molar-refractivity contribution in [2.24, 2.45) is 11.7 Å². The van der Waals surface area contributed by atoms with Gasteiger partial charge >= 0.3 is 6.03 Å². The number of hydrogen-bond acceptors (Lipinski definition) is 3. The maximum atomic E-state index is 12.5. The number of piperidine rings is 1. The predicted octanol–water partition coefficient (Wildman–Crippen LogP) is 2.68. The molecule has 1 aromatic rings. The van der Waals surface area contributed by atoms with Gasteiger partial charge in [0.15, 0.2) is 0 Å². The lowest BCUT2D eigenvalue weighted by molar-refractivity contribution is 0.138. The van der Waals surface area contributed by atoms with E-state index in [-0.39, 0.29) is 12.1 Å². The number of hydrogen-bond donors (Lipinski definition) is 2. The molecule has 2 rings (SSSR count). The van der Waals surface area contributed by atoms with Crippen LogP contribution in [0, 0.1) is 5.92 Å². The van der Waals surface area contributed by atoms with Crippen LogP contribution < -0.4 is 15.8 Å². The van der Waals surface area contributed by atoms with Gasteiger partial charge in [-0.1, -0.05) is 25.5 Å². The molecule has 1 aromatic carbocycles. The first kappa shape index (κ1) is 15.6. The molecule has 0 saturated carbocycles. The molecule has 0 aliphatic carbocycles. The smallest absolute Gasteiger partial charge is 0.322 e. The third kappa shape index (κ3) is 3.67. The zero-order valence-corrected chi connectivity index (χ0v) is 12.8. The minimum Gasteiger partial charge on any atom is -0.495 e. The molecular weight excluding hydrogens is 266 g/mol. The molecule has 116 valence electrons. The van der Waals surface area contributed by atoms with Crippen LogP contribution in [0.15, 0.2) is 24.3 Å². The SMILES string of the molecule is CCC1CCN(C(=O)Nc2ccccc2OC)C(CN)C1. The van der Waals surface area contributed by atoms with Crippen LogP contribution >= 0.6 is 0 Å². The third-order valence-corrected chi connectivity index (χ3v) is 4.28. The van der Waals surface area contributed by atoms with E-state index in [9.17, 15) is 4.79 Å². The number of nitrogens with one attached hydrogen (secondary N) is 1. The lowest BCUT2D eigenvalue weighted by Crippen LogP contribution is -2.51. The molecule has 1 aliphatic rings. The van der Waals surface area contributed by atoms with E-state index in [0.717, 1.165) is 25.8 Å². The largest absolute Gasteiger partial charge is 0.495 e. The van der Waals surface area contributed by atoms with E-state index in [1.165, 1.54) is 0 Å². The lowest BCUT2D eigenvalue weighted by Gasteiger charge is -2.38. The molecule has 0 aromatic heterocycles. The van der Waals surface area contributed by atoms with E-state index in [4.69, 9.17) is 10.5 Å². The Morgan fingerprint density at radius 2 is 2.24 bits per heavy atom. The zero-order chi connectivity index (χ0) is 15.2. The molecule has 2 unspecified atom stereocenters. The third-order valence-electron chi connectivity index (χ3n) is 4.28. The van der Waals surface area contributed by atoms with Crippen molar-refractivity contribution in [1.29, 1.82) is 0 Å². The van der Waals surface area contributed by atoms with Crippen LogP contribution in [0.4, 0.5) is 10.5 Å².